The molecule has 0 saturated heterocycles. The molecule has 2 nitrogen and oxygen atoms in total. The maximum absolute atomic E-state index is 6.26. The topological polar surface area (TPSA) is 17.6 Å². The SMILES string of the molecule is CC1CC=c2c3ccccc3n3c2c1c1ccc(-c2ccc4oc5cc6ccccc6cc5c4c2)cc13. The van der Waals surface area contributed by atoms with Gasteiger partial charge in [-0.25, -0.2) is 0 Å². The summed E-state index contributed by atoms with van der Waals surface area (Å²) in [5.41, 5.74) is 9.83. The van der Waals surface area contributed by atoms with Crippen molar-refractivity contribution in [1.29, 1.82) is 0 Å². The third kappa shape index (κ3) is 2.50. The first-order chi connectivity index (χ1) is 18.2. The Morgan fingerprint density at radius 3 is 2.32 bits per heavy atom. The summed E-state index contributed by atoms with van der Waals surface area (Å²) in [6.07, 6.45) is 3.53. The molecule has 3 aromatic heterocycles. The summed E-state index contributed by atoms with van der Waals surface area (Å²) in [4.78, 5) is 0. The van der Waals surface area contributed by atoms with Crippen LogP contribution in [0.15, 0.2) is 101 Å². The highest BCUT2D eigenvalue weighted by Gasteiger charge is 2.24. The third-order valence-corrected chi connectivity index (χ3v) is 8.54. The van der Waals surface area contributed by atoms with Gasteiger partial charge in [0, 0.05) is 26.8 Å². The number of fused-ring (bicyclic) bond motifs is 10. The van der Waals surface area contributed by atoms with Crippen LogP contribution in [-0.4, -0.2) is 4.40 Å². The van der Waals surface area contributed by atoms with Crippen LogP contribution < -0.4 is 5.22 Å². The van der Waals surface area contributed by atoms with Crippen LogP contribution in [-0.2, 0) is 0 Å². The van der Waals surface area contributed by atoms with Gasteiger partial charge in [-0.15, -0.1) is 0 Å². The fraction of sp³-hybridized carbons (Fsp3) is 0.0857. The Balaban J connectivity index is 1.33. The van der Waals surface area contributed by atoms with Crippen molar-refractivity contribution in [3.63, 3.8) is 0 Å². The lowest BCUT2D eigenvalue weighted by Gasteiger charge is -2.13. The summed E-state index contributed by atoms with van der Waals surface area (Å²) in [7, 11) is 0. The van der Waals surface area contributed by atoms with E-state index in [1.54, 1.807) is 0 Å². The molecule has 0 radical (unpaired) electrons. The number of hydrogen-bond donors (Lipinski definition) is 0. The summed E-state index contributed by atoms with van der Waals surface area (Å²) in [5.74, 6) is 0.520. The van der Waals surface area contributed by atoms with Crippen molar-refractivity contribution in [1.82, 2.24) is 4.40 Å². The second kappa shape index (κ2) is 6.80. The summed E-state index contributed by atoms with van der Waals surface area (Å²) in [6.45, 7) is 2.36. The average molecular weight is 474 g/mol. The molecule has 1 atom stereocenters. The maximum atomic E-state index is 6.26. The largest absolute Gasteiger partial charge is 0.456 e. The van der Waals surface area contributed by atoms with Gasteiger partial charge >= 0.3 is 0 Å². The van der Waals surface area contributed by atoms with Gasteiger partial charge in [0.15, 0.2) is 0 Å². The van der Waals surface area contributed by atoms with E-state index in [1.165, 1.54) is 70.8 Å². The molecule has 174 valence electrons. The predicted octanol–water partition coefficient (Wildman–Crippen LogP) is 8.97. The van der Waals surface area contributed by atoms with Gasteiger partial charge in [0.2, 0.25) is 0 Å². The van der Waals surface area contributed by atoms with Crippen LogP contribution >= 0.6 is 0 Å². The molecular formula is C35H23NO. The lowest BCUT2D eigenvalue weighted by molar-refractivity contribution is 0.669. The Morgan fingerprint density at radius 1 is 0.649 bits per heavy atom. The number of nitrogens with zero attached hydrogens (tertiary/aromatic N) is 1. The van der Waals surface area contributed by atoms with Crippen LogP contribution in [0, 0.1) is 0 Å². The standard InChI is InChI=1S/C35H23NO/c1-20-10-13-26-25-8-4-5-9-30(25)36-31-18-24(11-14-27(31)34(20)35(26)36)23-12-15-32-28(17-23)29-16-21-6-2-3-7-22(21)19-33(29)37-32/h2-9,11-20H,10H2,1H3. The van der Waals surface area contributed by atoms with E-state index in [-0.39, 0.29) is 0 Å². The highest BCUT2D eigenvalue weighted by atomic mass is 16.3. The van der Waals surface area contributed by atoms with Crippen molar-refractivity contribution in [2.24, 2.45) is 0 Å². The van der Waals surface area contributed by atoms with Gasteiger partial charge in [-0.05, 0) is 76.2 Å². The number of hydrogen-bond acceptors (Lipinski definition) is 1. The quantitative estimate of drug-likeness (QED) is 0.233. The second-order valence-corrected chi connectivity index (χ2v) is 10.6. The smallest absolute Gasteiger partial charge is 0.136 e. The van der Waals surface area contributed by atoms with Crippen molar-refractivity contribution in [2.75, 3.05) is 0 Å². The molecule has 2 heteroatoms. The molecule has 1 aliphatic rings. The van der Waals surface area contributed by atoms with Gasteiger partial charge in [0.05, 0.1) is 16.6 Å². The zero-order chi connectivity index (χ0) is 24.2. The van der Waals surface area contributed by atoms with Crippen molar-refractivity contribution < 1.29 is 4.42 Å². The minimum atomic E-state index is 0.520. The highest BCUT2D eigenvalue weighted by Crippen LogP contribution is 2.40. The Morgan fingerprint density at radius 2 is 1.41 bits per heavy atom. The molecule has 0 bridgehead atoms. The molecule has 0 saturated carbocycles. The van der Waals surface area contributed by atoms with E-state index in [0.717, 1.165) is 17.6 Å². The third-order valence-electron chi connectivity index (χ3n) is 8.54. The van der Waals surface area contributed by atoms with E-state index < -0.39 is 0 Å². The molecule has 8 aromatic rings. The number of rotatable bonds is 1. The van der Waals surface area contributed by atoms with Crippen molar-refractivity contribution in [3.05, 3.63) is 108 Å². The second-order valence-electron chi connectivity index (χ2n) is 10.6. The Kier molecular flexibility index (Phi) is 3.61. The molecule has 3 heterocycles. The number of para-hydroxylation sites is 1. The summed E-state index contributed by atoms with van der Waals surface area (Å²) in [6, 6.07) is 35.4. The average Bonchev–Trinajstić information content (AvgIpc) is 3.58. The molecule has 0 N–H and O–H groups in total. The van der Waals surface area contributed by atoms with Crippen molar-refractivity contribution >= 4 is 66.1 Å². The fourth-order valence-corrected chi connectivity index (χ4v) is 6.79. The Bertz CT molecular complexity index is 2300. The monoisotopic (exact) mass is 473 g/mol. The fourth-order valence-electron chi connectivity index (χ4n) is 6.79. The number of furan rings is 1. The van der Waals surface area contributed by atoms with Gasteiger partial charge in [0.1, 0.15) is 11.2 Å². The van der Waals surface area contributed by atoms with Crippen LogP contribution in [0.1, 0.15) is 24.8 Å². The van der Waals surface area contributed by atoms with Crippen LogP contribution in [0.5, 0.6) is 0 Å². The number of aromatic nitrogens is 1. The van der Waals surface area contributed by atoms with Crippen LogP contribution in [0.4, 0.5) is 0 Å². The maximum Gasteiger partial charge on any atom is 0.136 e. The van der Waals surface area contributed by atoms with Gasteiger partial charge < -0.3 is 8.82 Å². The van der Waals surface area contributed by atoms with Crippen LogP contribution in [0.25, 0.3) is 77.2 Å². The Labute approximate surface area is 213 Å². The molecule has 0 amide bonds. The normalized spacial score (nSPS) is 15.5. The summed E-state index contributed by atoms with van der Waals surface area (Å²) in [5, 5.41) is 8.93. The molecule has 9 rings (SSSR count). The van der Waals surface area contributed by atoms with Gasteiger partial charge in [-0.3, -0.25) is 0 Å². The number of benzene rings is 5. The van der Waals surface area contributed by atoms with E-state index in [1.807, 2.05) is 0 Å². The van der Waals surface area contributed by atoms with E-state index in [4.69, 9.17) is 4.42 Å². The highest BCUT2D eigenvalue weighted by molar-refractivity contribution is 6.11. The minimum Gasteiger partial charge on any atom is -0.456 e. The molecule has 0 aliphatic heterocycles. The van der Waals surface area contributed by atoms with E-state index in [0.29, 0.717) is 5.92 Å². The van der Waals surface area contributed by atoms with Crippen molar-refractivity contribution in [2.45, 2.75) is 19.3 Å². The molecule has 1 aliphatic carbocycles. The zero-order valence-corrected chi connectivity index (χ0v) is 20.5. The van der Waals surface area contributed by atoms with E-state index in [2.05, 4.69) is 114 Å². The van der Waals surface area contributed by atoms with Crippen LogP contribution in [0.3, 0.4) is 0 Å². The lowest BCUT2D eigenvalue weighted by Crippen LogP contribution is -2.08. The molecule has 0 spiro atoms. The van der Waals surface area contributed by atoms with Crippen molar-refractivity contribution in [3.8, 4) is 11.1 Å². The molecule has 0 fully saturated rings. The Hall–Kier alpha value is -4.56. The predicted molar refractivity (Wildman–Crippen MR) is 155 cm³/mol. The summed E-state index contributed by atoms with van der Waals surface area (Å²) < 4.78 is 8.76. The van der Waals surface area contributed by atoms with Gasteiger partial charge in [0.25, 0.3) is 0 Å². The molecular weight excluding hydrogens is 450 g/mol. The van der Waals surface area contributed by atoms with E-state index >= 15 is 0 Å². The first-order valence-electron chi connectivity index (χ1n) is 13.1. The van der Waals surface area contributed by atoms with Gasteiger partial charge in [-0.1, -0.05) is 73.7 Å². The van der Waals surface area contributed by atoms with E-state index in [9.17, 15) is 0 Å². The molecule has 5 aromatic carbocycles. The zero-order valence-electron chi connectivity index (χ0n) is 20.5. The van der Waals surface area contributed by atoms with Crippen LogP contribution in [0.2, 0.25) is 0 Å². The first-order valence-corrected chi connectivity index (χ1v) is 13.1. The van der Waals surface area contributed by atoms with Gasteiger partial charge in [-0.2, -0.15) is 0 Å². The lowest BCUT2D eigenvalue weighted by atomic mass is 9.90. The minimum absolute atomic E-state index is 0.520. The molecule has 37 heavy (non-hydrogen) atoms. The molecule has 1 unspecified atom stereocenters. The first kappa shape index (κ1) is 19.6. The summed E-state index contributed by atoms with van der Waals surface area (Å²) >= 11 is 0.